The fourth-order valence-electron chi connectivity index (χ4n) is 3.39. The van der Waals surface area contributed by atoms with Crippen LogP contribution in [0.25, 0.3) is 11.0 Å². The molecule has 4 rings (SSSR count). The van der Waals surface area contributed by atoms with E-state index < -0.39 is 11.7 Å². The number of Topliss-reactive ketones (excluding diaryl/α,β-unsaturated/α-hetero) is 1. The number of anilines is 1. The number of nitrogens with zero attached hydrogens (tertiary/aromatic N) is 3. The van der Waals surface area contributed by atoms with Crippen LogP contribution >= 0.6 is 23.2 Å². The van der Waals surface area contributed by atoms with E-state index in [1.165, 1.54) is 19.2 Å². The van der Waals surface area contributed by atoms with Crippen LogP contribution in [-0.2, 0) is 11.3 Å². The Kier molecular flexibility index (Phi) is 5.76. The second kappa shape index (κ2) is 8.49. The maximum Gasteiger partial charge on any atom is 0.299 e. The summed E-state index contributed by atoms with van der Waals surface area (Å²) in [5.74, 6) is -1.82. The third kappa shape index (κ3) is 4.04. The first kappa shape index (κ1) is 21.0. The summed E-state index contributed by atoms with van der Waals surface area (Å²) >= 11 is 12.4. The summed E-state index contributed by atoms with van der Waals surface area (Å²) in [6.07, 6.45) is 3.19. The lowest BCUT2D eigenvalue weighted by Crippen LogP contribution is -2.33. The average molecular weight is 456 g/mol. The van der Waals surface area contributed by atoms with Gasteiger partial charge in [-0.25, -0.2) is 9.37 Å². The maximum absolute atomic E-state index is 13.2. The van der Waals surface area contributed by atoms with Crippen LogP contribution in [0.1, 0.15) is 15.9 Å². The SMILES string of the molecule is CN(C(=O)C(=O)c1cn(Cc2ccc(F)cc2)c2ncccc12)c1c(Cl)cccc1Cl. The number of para-hydroxylation sites is 1. The molecular weight excluding hydrogens is 440 g/mol. The fourth-order valence-corrected chi connectivity index (χ4v) is 4.04. The number of likely N-dealkylation sites (N-methyl/N-ethyl adjacent to an activating group) is 1. The minimum absolute atomic E-state index is 0.213. The summed E-state index contributed by atoms with van der Waals surface area (Å²) in [5.41, 5.74) is 1.85. The van der Waals surface area contributed by atoms with E-state index in [9.17, 15) is 14.0 Å². The van der Waals surface area contributed by atoms with Crippen molar-refractivity contribution in [2.45, 2.75) is 6.54 Å². The smallest absolute Gasteiger partial charge is 0.299 e. The van der Waals surface area contributed by atoms with E-state index in [2.05, 4.69) is 4.98 Å². The van der Waals surface area contributed by atoms with Gasteiger partial charge in [-0.2, -0.15) is 0 Å². The van der Waals surface area contributed by atoms with Crippen LogP contribution in [-0.4, -0.2) is 28.3 Å². The molecule has 156 valence electrons. The van der Waals surface area contributed by atoms with Gasteiger partial charge in [-0.1, -0.05) is 41.4 Å². The van der Waals surface area contributed by atoms with E-state index in [0.717, 1.165) is 10.5 Å². The average Bonchev–Trinajstić information content (AvgIpc) is 3.12. The molecule has 0 aliphatic heterocycles. The molecule has 4 aromatic rings. The Balaban J connectivity index is 1.71. The summed E-state index contributed by atoms with van der Waals surface area (Å²) in [5, 5.41) is 1.06. The van der Waals surface area contributed by atoms with Crippen LogP contribution in [0.2, 0.25) is 10.0 Å². The van der Waals surface area contributed by atoms with Crippen LogP contribution in [0.5, 0.6) is 0 Å². The molecule has 2 heterocycles. The molecule has 31 heavy (non-hydrogen) atoms. The zero-order valence-electron chi connectivity index (χ0n) is 16.3. The van der Waals surface area contributed by atoms with Gasteiger partial charge in [0.05, 0.1) is 21.3 Å². The van der Waals surface area contributed by atoms with Gasteiger partial charge in [0.1, 0.15) is 11.5 Å². The lowest BCUT2D eigenvalue weighted by Gasteiger charge is -2.19. The van der Waals surface area contributed by atoms with Crippen molar-refractivity contribution in [1.82, 2.24) is 9.55 Å². The first-order chi connectivity index (χ1) is 14.9. The summed E-state index contributed by atoms with van der Waals surface area (Å²) in [6, 6.07) is 14.3. The molecule has 0 fully saturated rings. The summed E-state index contributed by atoms with van der Waals surface area (Å²) in [6.45, 7) is 0.363. The predicted octanol–water partition coefficient (Wildman–Crippen LogP) is 5.38. The molecule has 0 spiro atoms. The zero-order valence-corrected chi connectivity index (χ0v) is 17.9. The number of ketones is 1. The molecule has 2 aromatic carbocycles. The van der Waals surface area contributed by atoms with Crippen LogP contribution in [0.15, 0.2) is 67.0 Å². The van der Waals surface area contributed by atoms with E-state index in [1.807, 2.05) is 0 Å². The molecule has 0 saturated heterocycles. The number of benzene rings is 2. The Labute approximate surface area is 187 Å². The van der Waals surface area contributed by atoms with Crippen molar-refractivity contribution in [3.8, 4) is 0 Å². The Morgan fingerprint density at radius 3 is 2.39 bits per heavy atom. The number of hydrogen-bond acceptors (Lipinski definition) is 3. The number of fused-ring (bicyclic) bond motifs is 1. The van der Waals surface area contributed by atoms with Crippen molar-refractivity contribution in [1.29, 1.82) is 0 Å². The van der Waals surface area contributed by atoms with Gasteiger partial charge in [-0.15, -0.1) is 0 Å². The molecule has 0 radical (unpaired) electrons. The van der Waals surface area contributed by atoms with Crippen LogP contribution in [0.4, 0.5) is 10.1 Å². The number of pyridine rings is 1. The molecule has 0 atom stereocenters. The van der Waals surface area contributed by atoms with Crippen molar-refractivity contribution < 1.29 is 14.0 Å². The quantitative estimate of drug-likeness (QED) is 0.300. The number of amides is 1. The molecule has 0 aliphatic carbocycles. The van der Waals surface area contributed by atoms with Crippen LogP contribution in [0.3, 0.4) is 0 Å². The van der Waals surface area contributed by atoms with Gasteiger partial charge in [0, 0.05) is 31.4 Å². The van der Waals surface area contributed by atoms with Crippen molar-refractivity contribution in [2.75, 3.05) is 11.9 Å². The normalized spacial score (nSPS) is 11.0. The Morgan fingerprint density at radius 1 is 1.03 bits per heavy atom. The van der Waals surface area contributed by atoms with Crippen molar-refractivity contribution in [3.63, 3.8) is 0 Å². The molecule has 1 amide bonds. The summed E-state index contributed by atoms with van der Waals surface area (Å²) in [7, 11) is 1.45. The van der Waals surface area contributed by atoms with Gasteiger partial charge < -0.3 is 9.47 Å². The van der Waals surface area contributed by atoms with Gasteiger partial charge in [0.15, 0.2) is 0 Å². The molecule has 0 unspecified atom stereocenters. The predicted molar refractivity (Wildman–Crippen MR) is 119 cm³/mol. The topological polar surface area (TPSA) is 55.2 Å². The van der Waals surface area contributed by atoms with E-state index in [4.69, 9.17) is 23.2 Å². The first-order valence-corrected chi connectivity index (χ1v) is 10.1. The third-order valence-corrected chi connectivity index (χ3v) is 5.53. The van der Waals surface area contributed by atoms with Crippen LogP contribution in [0, 0.1) is 5.82 Å². The van der Waals surface area contributed by atoms with Crippen molar-refractivity contribution in [3.05, 3.63) is 94.0 Å². The molecule has 0 bridgehead atoms. The van der Waals surface area contributed by atoms with E-state index >= 15 is 0 Å². The minimum atomic E-state index is -0.778. The maximum atomic E-state index is 13.2. The van der Waals surface area contributed by atoms with Gasteiger partial charge >= 0.3 is 0 Å². The standard InChI is InChI=1S/C23H16Cl2FN3O2/c1-28(20-18(24)5-2-6-19(20)25)23(31)21(30)17-13-29(22-16(17)4-3-11-27-22)12-14-7-9-15(26)10-8-14/h2-11,13H,12H2,1H3. The largest absolute Gasteiger partial charge is 0.327 e. The molecule has 0 N–H and O–H groups in total. The van der Waals surface area contributed by atoms with E-state index in [-0.39, 0.29) is 27.1 Å². The zero-order chi connectivity index (χ0) is 22.1. The van der Waals surface area contributed by atoms with Crippen molar-refractivity contribution in [2.24, 2.45) is 0 Å². The molecule has 2 aromatic heterocycles. The van der Waals surface area contributed by atoms with E-state index in [0.29, 0.717) is 17.6 Å². The van der Waals surface area contributed by atoms with Gasteiger partial charge in [-0.05, 0) is 42.0 Å². The summed E-state index contributed by atoms with van der Waals surface area (Å²) in [4.78, 5) is 31.6. The minimum Gasteiger partial charge on any atom is -0.327 e. The number of carbonyl (C=O) groups excluding carboxylic acids is 2. The Morgan fingerprint density at radius 2 is 1.71 bits per heavy atom. The fraction of sp³-hybridized carbons (Fsp3) is 0.0870. The Hall–Kier alpha value is -3.22. The number of aromatic nitrogens is 2. The molecule has 5 nitrogen and oxygen atoms in total. The molecular formula is C23H16Cl2FN3O2. The lowest BCUT2D eigenvalue weighted by molar-refractivity contribution is -0.114. The van der Waals surface area contributed by atoms with Crippen LogP contribution < -0.4 is 4.90 Å². The van der Waals surface area contributed by atoms with Gasteiger partial charge in [-0.3, -0.25) is 9.59 Å². The monoisotopic (exact) mass is 455 g/mol. The highest BCUT2D eigenvalue weighted by molar-refractivity contribution is 6.50. The highest BCUT2D eigenvalue weighted by atomic mass is 35.5. The highest BCUT2D eigenvalue weighted by Gasteiger charge is 2.27. The van der Waals surface area contributed by atoms with Gasteiger partial charge in [0.2, 0.25) is 0 Å². The number of hydrogen-bond donors (Lipinski definition) is 0. The number of halogens is 3. The number of carbonyl (C=O) groups is 2. The molecule has 8 heteroatoms. The summed E-state index contributed by atoms with van der Waals surface area (Å²) < 4.78 is 15.0. The van der Waals surface area contributed by atoms with Gasteiger partial charge in [0.25, 0.3) is 11.7 Å². The number of rotatable bonds is 5. The first-order valence-electron chi connectivity index (χ1n) is 9.31. The van der Waals surface area contributed by atoms with Crippen molar-refractivity contribution >= 4 is 51.6 Å². The third-order valence-electron chi connectivity index (χ3n) is 4.92. The second-order valence-electron chi connectivity index (χ2n) is 6.94. The lowest BCUT2D eigenvalue weighted by atomic mass is 10.1. The molecule has 0 saturated carbocycles. The second-order valence-corrected chi connectivity index (χ2v) is 7.75. The Bertz CT molecular complexity index is 1280. The highest BCUT2D eigenvalue weighted by Crippen LogP contribution is 2.33. The molecule has 0 aliphatic rings. The van der Waals surface area contributed by atoms with E-state index in [1.54, 1.807) is 59.4 Å².